The zero-order chi connectivity index (χ0) is 26.5. The molecule has 190 valence electrons. The van der Waals surface area contributed by atoms with Crippen LogP contribution in [0.3, 0.4) is 0 Å². The Morgan fingerprint density at radius 3 is 2.46 bits per heavy atom. The van der Waals surface area contributed by atoms with Crippen LogP contribution in [0.5, 0.6) is 0 Å². The number of hydrogen-bond donors (Lipinski definition) is 3. The van der Waals surface area contributed by atoms with E-state index in [-0.39, 0.29) is 13.0 Å². The molecule has 1 amide bonds. The van der Waals surface area contributed by atoms with Gasteiger partial charge >= 0.3 is 11.9 Å². The van der Waals surface area contributed by atoms with Crippen molar-refractivity contribution in [3.8, 4) is 11.3 Å². The first-order valence-corrected chi connectivity index (χ1v) is 11.7. The molecule has 0 aliphatic heterocycles. The number of carbonyl (C=O) groups is 3. The summed E-state index contributed by atoms with van der Waals surface area (Å²) in [7, 11) is 1.32. The SMILES string of the molecule is COC(=O)CNc1c(-c2ccccc2C)nc2cc(C(=O)NC(CC(=O)O)c3ccc(C)cc3)ccn12. The number of ether oxygens (including phenoxy) is 1. The highest BCUT2D eigenvalue weighted by Crippen LogP contribution is 2.31. The van der Waals surface area contributed by atoms with E-state index in [1.165, 1.54) is 7.11 Å². The number of aryl methyl sites for hydroxylation is 2. The molecule has 0 radical (unpaired) electrons. The maximum atomic E-state index is 13.2. The molecule has 4 aromatic rings. The zero-order valence-electron chi connectivity index (χ0n) is 20.8. The number of amides is 1. The number of carbonyl (C=O) groups excluding carboxylic acids is 2. The number of rotatable bonds is 9. The minimum absolute atomic E-state index is 0.0567. The van der Waals surface area contributed by atoms with Crippen LogP contribution in [-0.2, 0) is 14.3 Å². The Morgan fingerprint density at radius 2 is 1.78 bits per heavy atom. The smallest absolute Gasteiger partial charge is 0.325 e. The molecule has 1 atom stereocenters. The Labute approximate surface area is 214 Å². The molecule has 4 rings (SSSR count). The van der Waals surface area contributed by atoms with Gasteiger partial charge in [0.25, 0.3) is 5.91 Å². The number of nitrogens with zero attached hydrogens (tertiary/aromatic N) is 2. The summed E-state index contributed by atoms with van der Waals surface area (Å²) in [5.74, 6) is -1.27. The number of carboxylic acid groups (broad SMARTS) is 1. The van der Waals surface area contributed by atoms with Crippen LogP contribution in [0.4, 0.5) is 5.82 Å². The highest BCUT2D eigenvalue weighted by atomic mass is 16.5. The summed E-state index contributed by atoms with van der Waals surface area (Å²) >= 11 is 0. The van der Waals surface area contributed by atoms with E-state index < -0.39 is 23.9 Å². The molecule has 0 saturated carbocycles. The number of esters is 1. The number of fused-ring (bicyclic) bond motifs is 1. The summed E-state index contributed by atoms with van der Waals surface area (Å²) in [6, 6.07) is 17.7. The van der Waals surface area contributed by atoms with E-state index in [4.69, 9.17) is 9.72 Å². The molecule has 0 aliphatic carbocycles. The van der Waals surface area contributed by atoms with E-state index in [0.29, 0.717) is 28.3 Å². The zero-order valence-corrected chi connectivity index (χ0v) is 20.8. The van der Waals surface area contributed by atoms with Gasteiger partial charge in [0.2, 0.25) is 0 Å². The van der Waals surface area contributed by atoms with Gasteiger partial charge in [-0.3, -0.25) is 18.8 Å². The Bertz CT molecular complexity index is 1460. The van der Waals surface area contributed by atoms with Crippen LogP contribution in [0.1, 0.15) is 39.5 Å². The molecule has 0 bridgehead atoms. The molecule has 0 spiro atoms. The van der Waals surface area contributed by atoms with E-state index in [2.05, 4.69) is 10.6 Å². The van der Waals surface area contributed by atoms with Crippen molar-refractivity contribution in [2.75, 3.05) is 19.0 Å². The third kappa shape index (κ3) is 5.78. The fraction of sp³-hybridized carbons (Fsp3) is 0.214. The average Bonchev–Trinajstić information content (AvgIpc) is 3.24. The van der Waals surface area contributed by atoms with Crippen LogP contribution in [0.15, 0.2) is 66.9 Å². The summed E-state index contributed by atoms with van der Waals surface area (Å²) in [6.45, 7) is 3.85. The van der Waals surface area contributed by atoms with Crippen LogP contribution in [0.2, 0.25) is 0 Å². The van der Waals surface area contributed by atoms with E-state index in [9.17, 15) is 19.5 Å². The third-order valence-electron chi connectivity index (χ3n) is 6.08. The van der Waals surface area contributed by atoms with Gasteiger partial charge in [-0.15, -0.1) is 0 Å². The van der Waals surface area contributed by atoms with Crippen molar-refractivity contribution in [3.05, 3.63) is 89.1 Å². The van der Waals surface area contributed by atoms with Crippen molar-refractivity contribution in [2.24, 2.45) is 0 Å². The fourth-order valence-electron chi connectivity index (χ4n) is 4.08. The second kappa shape index (κ2) is 10.9. The molecule has 9 heteroatoms. The topological polar surface area (TPSA) is 122 Å². The van der Waals surface area contributed by atoms with E-state index in [1.54, 1.807) is 22.7 Å². The summed E-state index contributed by atoms with van der Waals surface area (Å²) in [5.41, 5.74) is 5.07. The second-order valence-electron chi connectivity index (χ2n) is 8.73. The first-order chi connectivity index (χ1) is 17.8. The van der Waals surface area contributed by atoms with Gasteiger partial charge < -0.3 is 20.5 Å². The Kier molecular flexibility index (Phi) is 7.52. The first-order valence-electron chi connectivity index (χ1n) is 11.7. The number of nitrogens with one attached hydrogen (secondary N) is 2. The number of carboxylic acids is 1. The van der Waals surface area contributed by atoms with Crippen molar-refractivity contribution in [3.63, 3.8) is 0 Å². The summed E-state index contributed by atoms with van der Waals surface area (Å²) in [6.07, 6.45) is 1.44. The predicted molar refractivity (Wildman–Crippen MR) is 140 cm³/mol. The molecule has 37 heavy (non-hydrogen) atoms. The Balaban J connectivity index is 1.69. The molecule has 2 aromatic carbocycles. The van der Waals surface area contributed by atoms with Gasteiger partial charge in [-0.25, -0.2) is 4.98 Å². The molecule has 1 unspecified atom stereocenters. The van der Waals surface area contributed by atoms with Gasteiger partial charge in [0, 0.05) is 17.3 Å². The number of pyridine rings is 1. The lowest BCUT2D eigenvalue weighted by atomic mass is 10.0. The molecule has 0 aliphatic rings. The normalized spacial score (nSPS) is 11.6. The quantitative estimate of drug-likeness (QED) is 0.295. The minimum Gasteiger partial charge on any atom is -0.481 e. The van der Waals surface area contributed by atoms with E-state index in [0.717, 1.165) is 16.7 Å². The summed E-state index contributed by atoms with van der Waals surface area (Å²) < 4.78 is 6.52. The molecule has 2 heterocycles. The van der Waals surface area contributed by atoms with E-state index in [1.807, 2.05) is 62.4 Å². The number of aliphatic carboxylic acids is 1. The molecule has 2 aromatic heterocycles. The maximum absolute atomic E-state index is 13.2. The van der Waals surface area contributed by atoms with Crippen molar-refractivity contribution >= 4 is 29.3 Å². The molecular weight excluding hydrogens is 472 g/mol. The number of anilines is 1. The van der Waals surface area contributed by atoms with Crippen LogP contribution in [-0.4, -0.2) is 46.0 Å². The molecule has 0 fully saturated rings. The molecule has 3 N–H and O–H groups in total. The lowest BCUT2D eigenvalue weighted by Gasteiger charge is -2.18. The maximum Gasteiger partial charge on any atom is 0.325 e. The van der Waals surface area contributed by atoms with E-state index >= 15 is 0 Å². The van der Waals surface area contributed by atoms with Crippen LogP contribution >= 0.6 is 0 Å². The Morgan fingerprint density at radius 1 is 1.05 bits per heavy atom. The largest absolute Gasteiger partial charge is 0.481 e. The van der Waals surface area contributed by atoms with Crippen molar-refractivity contribution in [1.82, 2.24) is 14.7 Å². The predicted octanol–water partition coefficient (Wildman–Crippen LogP) is 4.15. The number of imidazole rings is 1. The highest BCUT2D eigenvalue weighted by molar-refractivity contribution is 5.96. The van der Waals surface area contributed by atoms with Gasteiger partial charge in [-0.05, 0) is 37.1 Å². The van der Waals surface area contributed by atoms with Crippen molar-refractivity contribution in [1.29, 1.82) is 0 Å². The summed E-state index contributed by atoms with van der Waals surface area (Å²) in [4.78, 5) is 41.2. The monoisotopic (exact) mass is 500 g/mol. The fourth-order valence-corrected chi connectivity index (χ4v) is 4.08. The molecule has 0 saturated heterocycles. The lowest BCUT2D eigenvalue weighted by molar-refractivity contribution is -0.139. The summed E-state index contributed by atoms with van der Waals surface area (Å²) in [5, 5.41) is 15.3. The number of aromatic nitrogens is 2. The van der Waals surface area contributed by atoms with Gasteiger partial charge in [-0.1, -0.05) is 54.1 Å². The Hall–Kier alpha value is -4.66. The minimum atomic E-state index is -1.02. The average molecular weight is 501 g/mol. The molecule has 9 nitrogen and oxygen atoms in total. The first kappa shape index (κ1) is 25.4. The van der Waals surface area contributed by atoms with Crippen LogP contribution in [0, 0.1) is 13.8 Å². The van der Waals surface area contributed by atoms with Crippen molar-refractivity contribution < 1.29 is 24.2 Å². The van der Waals surface area contributed by atoms with Crippen molar-refractivity contribution in [2.45, 2.75) is 26.3 Å². The standard InChI is InChI=1S/C28H28N4O5/c1-17-8-10-19(11-9-17)22(15-24(33)34)30-28(36)20-12-13-32-23(14-20)31-26(21-7-5-4-6-18(21)2)27(32)29-16-25(35)37-3/h4-14,22,29H,15-16H2,1-3H3,(H,30,36)(H,33,34). The number of hydrogen-bond acceptors (Lipinski definition) is 6. The third-order valence-corrected chi connectivity index (χ3v) is 6.08. The number of methoxy groups -OCH3 is 1. The molecular formula is C28H28N4O5. The van der Waals surface area contributed by atoms with Gasteiger partial charge in [0.05, 0.1) is 19.6 Å². The van der Waals surface area contributed by atoms with Gasteiger partial charge in [0.15, 0.2) is 0 Å². The second-order valence-corrected chi connectivity index (χ2v) is 8.73. The van der Waals surface area contributed by atoms with Crippen LogP contribution < -0.4 is 10.6 Å². The van der Waals surface area contributed by atoms with Crippen LogP contribution in [0.25, 0.3) is 16.9 Å². The highest BCUT2D eigenvalue weighted by Gasteiger charge is 2.21. The van der Waals surface area contributed by atoms with Gasteiger partial charge in [0.1, 0.15) is 23.7 Å². The van der Waals surface area contributed by atoms with Gasteiger partial charge in [-0.2, -0.15) is 0 Å². The lowest BCUT2D eigenvalue weighted by Crippen LogP contribution is -2.30. The number of benzene rings is 2.